The van der Waals surface area contributed by atoms with Gasteiger partial charge in [0.1, 0.15) is 5.75 Å². The van der Waals surface area contributed by atoms with E-state index in [1.165, 1.54) is 11.3 Å². The van der Waals surface area contributed by atoms with E-state index in [0.29, 0.717) is 22.8 Å². The predicted octanol–water partition coefficient (Wildman–Crippen LogP) is 3.55. The van der Waals surface area contributed by atoms with Crippen LogP contribution in [0.5, 0.6) is 5.75 Å². The lowest BCUT2D eigenvalue weighted by Gasteiger charge is -2.27. The summed E-state index contributed by atoms with van der Waals surface area (Å²) in [6.45, 7) is 4.82. The normalized spacial score (nSPS) is 14.3. The van der Waals surface area contributed by atoms with E-state index in [1.54, 1.807) is 36.3 Å². The molecule has 2 heterocycles. The Morgan fingerprint density at radius 2 is 2.03 bits per heavy atom. The molecule has 0 bridgehead atoms. The van der Waals surface area contributed by atoms with Crippen LogP contribution in [0.2, 0.25) is 0 Å². The minimum atomic E-state index is -0.113. The summed E-state index contributed by atoms with van der Waals surface area (Å²) in [7, 11) is 1.63. The molecule has 1 aliphatic rings. The van der Waals surface area contributed by atoms with Crippen molar-refractivity contribution in [3.05, 3.63) is 53.6 Å². The second kappa shape index (κ2) is 9.88. The summed E-state index contributed by atoms with van der Waals surface area (Å²) in [6.07, 6.45) is 0.835. The van der Waals surface area contributed by atoms with E-state index >= 15 is 0 Å². The molecule has 1 fully saturated rings. The number of amides is 1. The topological polar surface area (TPSA) is 78.7 Å². The summed E-state index contributed by atoms with van der Waals surface area (Å²) in [6, 6.07) is 14.6. The summed E-state index contributed by atoms with van der Waals surface area (Å²) in [4.78, 5) is 22.2. The molecule has 8 heteroatoms. The highest BCUT2D eigenvalue weighted by molar-refractivity contribution is 7.22. The highest BCUT2D eigenvalue weighted by atomic mass is 32.1. The smallest absolute Gasteiger partial charge is 0.260 e. The molecule has 0 spiro atoms. The van der Waals surface area contributed by atoms with E-state index < -0.39 is 0 Å². The number of methoxy groups -OCH3 is 1. The molecule has 7 nitrogen and oxygen atoms in total. The fourth-order valence-electron chi connectivity index (χ4n) is 3.54. The average Bonchev–Trinajstić information content (AvgIpc) is 3.25. The molecule has 0 atom stereocenters. The second-order valence-corrected chi connectivity index (χ2v) is 8.29. The summed E-state index contributed by atoms with van der Waals surface area (Å²) in [5.74, 6) is 0.624. The fourth-order valence-corrected chi connectivity index (χ4v) is 4.51. The van der Waals surface area contributed by atoms with Crippen molar-refractivity contribution in [1.29, 1.82) is 5.26 Å². The minimum Gasteiger partial charge on any atom is -0.497 e. The van der Waals surface area contributed by atoms with Crippen molar-refractivity contribution < 1.29 is 14.3 Å². The van der Waals surface area contributed by atoms with Crippen LogP contribution >= 0.6 is 11.3 Å². The maximum absolute atomic E-state index is 13.4. The molecule has 3 aromatic rings. The van der Waals surface area contributed by atoms with Crippen LogP contribution in [0.25, 0.3) is 10.2 Å². The van der Waals surface area contributed by atoms with Gasteiger partial charge in [0.25, 0.3) is 5.91 Å². The van der Waals surface area contributed by atoms with Gasteiger partial charge in [0.05, 0.1) is 42.2 Å². The molecule has 2 aromatic carbocycles. The Balaban J connectivity index is 1.57. The monoisotopic (exact) mass is 436 g/mol. The van der Waals surface area contributed by atoms with Gasteiger partial charge in [0, 0.05) is 37.8 Å². The lowest BCUT2D eigenvalue weighted by atomic mass is 10.1. The van der Waals surface area contributed by atoms with E-state index in [4.69, 9.17) is 19.7 Å². The summed E-state index contributed by atoms with van der Waals surface area (Å²) >= 11 is 1.49. The lowest BCUT2D eigenvalue weighted by molar-refractivity contribution is 0.0376. The summed E-state index contributed by atoms with van der Waals surface area (Å²) < 4.78 is 11.7. The van der Waals surface area contributed by atoms with Crippen LogP contribution < -0.4 is 9.64 Å². The number of ether oxygens (including phenoxy) is 2. The van der Waals surface area contributed by atoms with E-state index in [-0.39, 0.29) is 5.91 Å². The van der Waals surface area contributed by atoms with Gasteiger partial charge in [-0.15, -0.1) is 0 Å². The van der Waals surface area contributed by atoms with Gasteiger partial charge in [-0.05, 0) is 42.8 Å². The Kier molecular flexibility index (Phi) is 6.77. The number of nitrogens with zero attached hydrogens (tertiary/aromatic N) is 4. The Bertz CT molecular complexity index is 1080. The molecule has 160 valence electrons. The zero-order valence-corrected chi connectivity index (χ0v) is 18.2. The first-order valence-electron chi connectivity index (χ1n) is 10.2. The third kappa shape index (κ3) is 5.02. The van der Waals surface area contributed by atoms with Crippen molar-refractivity contribution in [3.63, 3.8) is 0 Å². The molecule has 1 saturated heterocycles. The number of fused-ring (bicyclic) bond motifs is 1. The van der Waals surface area contributed by atoms with Crippen molar-refractivity contribution in [3.8, 4) is 11.8 Å². The first kappa shape index (κ1) is 21.2. The standard InChI is InChI=1S/C23H24N4O3S/c1-29-19-7-8-21-20(15-19)25-23(31-21)27(10-2-9-26-11-13-30-14-12-26)22(28)18-5-3-17(16-24)4-6-18/h3-8,15H,2,9-14H2,1H3. The minimum absolute atomic E-state index is 0.113. The SMILES string of the molecule is COc1ccc2sc(N(CCCN3CCOCC3)C(=O)c3ccc(C#N)cc3)nc2c1. The molecule has 31 heavy (non-hydrogen) atoms. The molecular weight excluding hydrogens is 412 g/mol. The molecule has 1 aliphatic heterocycles. The number of hydrogen-bond acceptors (Lipinski definition) is 7. The van der Waals surface area contributed by atoms with Gasteiger partial charge in [-0.25, -0.2) is 4.98 Å². The molecule has 0 saturated carbocycles. The average molecular weight is 437 g/mol. The molecule has 1 aromatic heterocycles. The van der Waals surface area contributed by atoms with Crippen molar-refractivity contribution in [2.24, 2.45) is 0 Å². The molecule has 0 radical (unpaired) electrons. The second-order valence-electron chi connectivity index (χ2n) is 7.28. The van der Waals surface area contributed by atoms with Crippen LogP contribution in [0.4, 0.5) is 5.13 Å². The van der Waals surface area contributed by atoms with E-state index in [1.807, 2.05) is 18.2 Å². The molecule has 0 aliphatic carbocycles. The van der Waals surface area contributed by atoms with E-state index in [9.17, 15) is 4.79 Å². The molecule has 4 rings (SSSR count). The third-order valence-electron chi connectivity index (χ3n) is 5.28. The number of carbonyl (C=O) groups is 1. The van der Waals surface area contributed by atoms with Gasteiger partial charge in [0.15, 0.2) is 5.13 Å². The fraction of sp³-hybridized carbons (Fsp3) is 0.348. The number of anilines is 1. The number of aromatic nitrogens is 1. The molecule has 1 amide bonds. The van der Waals surface area contributed by atoms with E-state index in [2.05, 4.69) is 11.0 Å². The third-order valence-corrected chi connectivity index (χ3v) is 6.34. The lowest BCUT2D eigenvalue weighted by Crippen LogP contribution is -2.39. The highest BCUT2D eigenvalue weighted by Gasteiger charge is 2.22. The first-order valence-corrected chi connectivity index (χ1v) is 11.1. The summed E-state index contributed by atoms with van der Waals surface area (Å²) in [5, 5.41) is 9.71. The van der Waals surface area contributed by atoms with Crippen molar-refractivity contribution in [1.82, 2.24) is 9.88 Å². The molecule has 0 unspecified atom stereocenters. The van der Waals surface area contributed by atoms with Crippen LogP contribution in [0.15, 0.2) is 42.5 Å². The quantitative estimate of drug-likeness (QED) is 0.564. The number of hydrogen-bond donors (Lipinski definition) is 0. The van der Waals surface area contributed by atoms with Crippen LogP contribution in [0, 0.1) is 11.3 Å². The number of benzene rings is 2. The highest BCUT2D eigenvalue weighted by Crippen LogP contribution is 2.32. The van der Waals surface area contributed by atoms with Crippen LogP contribution in [-0.4, -0.2) is 62.3 Å². The van der Waals surface area contributed by atoms with Crippen molar-refractivity contribution in [2.75, 3.05) is 51.4 Å². The maximum atomic E-state index is 13.4. The first-order chi connectivity index (χ1) is 15.2. The van der Waals surface area contributed by atoms with Crippen molar-refractivity contribution >= 4 is 32.6 Å². The van der Waals surface area contributed by atoms with Crippen LogP contribution in [0.1, 0.15) is 22.3 Å². The number of morpholine rings is 1. The number of carbonyl (C=O) groups excluding carboxylic acids is 1. The zero-order valence-electron chi connectivity index (χ0n) is 17.4. The number of thiazole rings is 1. The van der Waals surface area contributed by atoms with Crippen LogP contribution in [0.3, 0.4) is 0 Å². The van der Waals surface area contributed by atoms with Crippen LogP contribution in [-0.2, 0) is 4.74 Å². The van der Waals surface area contributed by atoms with Gasteiger partial charge in [0.2, 0.25) is 0 Å². The van der Waals surface area contributed by atoms with E-state index in [0.717, 1.165) is 55.2 Å². The Labute approximate surface area is 185 Å². The predicted molar refractivity (Wildman–Crippen MR) is 121 cm³/mol. The van der Waals surface area contributed by atoms with Gasteiger partial charge >= 0.3 is 0 Å². The van der Waals surface area contributed by atoms with Gasteiger partial charge < -0.3 is 9.47 Å². The Morgan fingerprint density at radius 3 is 2.74 bits per heavy atom. The molecule has 0 N–H and O–H groups in total. The van der Waals surface area contributed by atoms with Gasteiger partial charge in [-0.3, -0.25) is 14.6 Å². The largest absolute Gasteiger partial charge is 0.497 e. The Morgan fingerprint density at radius 1 is 1.26 bits per heavy atom. The number of rotatable bonds is 7. The zero-order chi connectivity index (χ0) is 21.6. The maximum Gasteiger partial charge on any atom is 0.260 e. The molecular formula is C23H24N4O3S. The van der Waals surface area contributed by atoms with Gasteiger partial charge in [-0.1, -0.05) is 11.3 Å². The van der Waals surface area contributed by atoms with Gasteiger partial charge in [-0.2, -0.15) is 5.26 Å². The van der Waals surface area contributed by atoms with Crippen molar-refractivity contribution in [2.45, 2.75) is 6.42 Å². The Hall–Kier alpha value is -2.99. The summed E-state index contributed by atoms with van der Waals surface area (Å²) in [5.41, 5.74) is 1.88. The number of nitriles is 1.